The van der Waals surface area contributed by atoms with Gasteiger partial charge in [-0.25, -0.2) is 4.90 Å². The van der Waals surface area contributed by atoms with Gasteiger partial charge in [0.2, 0.25) is 0 Å². The van der Waals surface area contributed by atoms with Crippen LogP contribution in [0.4, 0.5) is 5.69 Å². The maximum Gasteiger partial charge on any atom is 0.301 e. The molecule has 0 fully saturated rings. The van der Waals surface area contributed by atoms with E-state index in [0.29, 0.717) is 17.0 Å². The number of amides is 2. The van der Waals surface area contributed by atoms with Gasteiger partial charge in [-0.3, -0.25) is 9.59 Å². The molecule has 0 aromatic heterocycles. The highest BCUT2D eigenvalue weighted by Crippen LogP contribution is 2.32. The lowest BCUT2D eigenvalue weighted by atomic mass is 10.1. The Kier molecular flexibility index (Phi) is 5.83. The van der Waals surface area contributed by atoms with Crippen LogP contribution in [0.1, 0.15) is 44.7 Å². The molecule has 2 aromatic rings. The molecule has 1 N–H and O–H groups in total. The summed E-state index contributed by atoms with van der Waals surface area (Å²) in [6.45, 7) is 5.98. The number of hydrogen-bond donors (Lipinski definition) is 1. The molecule has 1 heterocycles. The van der Waals surface area contributed by atoms with Gasteiger partial charge in [-0.2, -0.15) is 0 Å². The molecule has 2 aromatic carbocycles. The number of hydrogen-bond acceptors (Lipinski definition) is 4. The Morgan fingerprint density at radius 1 is 0.964 bits per heavy atom. The van der Waals surface area contributed by atoms with Crippen LogP contribution >= 0.6 is 0 Å². The van der Waals surface area contributed by atoms with Crippen LogP contribution in [0.5, 0.6) is 5.75 Å². The number of carbonyl (C=O) groups is 2. The Bertz CT molecular complexity index is 895. The zero-order valence-corrected chi connectivity index (χ0v) is 16.4. The van der Waals surface area contributed by atoms with Gasteiger partial charge in [-0.05, 0) is 62.1 Å². The Labute approximate surface area is 165 Å². The van der Waals surface area contributed by atoms with E-state index in [4.69, 9.17) is 4.74 Å². The molecule has 0 saturated heterocycles. The zero-order valence-electron chi connectivity index (χ0n) is 16.4. The first-order chi connectivity index (χ1) is 13.4. The molecule has 0 radical (unpaired) electrons. The number of aliphatic hydroxyl groups is 1. The predicted molar refractivity (Wildman–Crippen MR) is 109 cm³/mol. The van der Waals surface area contributed by atoms with Crippen LogP contribution in [0.2, 0.25) is 0 Å². The van der Waals surface area contributed by atoms with Gasteiger partial charge in [0.15, 0.2) is 5.76 Å². The fraction of sp³-hybridized carbons (Fsp3) is 0.304. The number of anilines is 1. The Morgan fingerprint density at radius 3 is 2.18 bits per heavy atom. The first-order valence-electron chi connectivity index (χ1n) is 9.60. The Morgan fingerprint density at radius 2 is 1.61 bits per heavy atom. The van der Waals surface area contributed by atoms with Gasteiger partial charge in [0.05, 0.1) is 17.4 Å². The zero-order chi connectivity index (χ0) is 20.3. The summed E-state index contributed by atoms with van der Waals surface area (Å²) < 4.78 is 5.60. The third-order valence-corrected chi connectivity index (χ3v) is 4.59. The summed E-state index contributed by atoms with van der Waals surface area (Å²) in [5.41, 5.74) is 2.10. The SMILES string of the molecule is CCCCc1ccc(N2C(=O)C(O)=C(c3ccc(OC(C)C)cc3)C2=O)cc1. The molecule has 0 unspecified atom stereocenters. The standard InChI is InChI=1S/C23H25NO4/c1-4-5-6-16-7-11-18(12-8-16)24-22(26)20(21(25)23(24)27)17-9-13-19(14-10-17)28-15(2)3/h7-15,25H,4-6H2,1-3H3. The topological polar surface area (TPSA) is 66.8 Å². The summed E-state index contributed by atoms with van der Waals surface area (Å²) in [6, 6.07) is 14.1. The summed E-state index contributed by atoms with van der Waals surface area (Å²) in [5.74, 6) is -1.10. The van der Waals surface area contributed by atoms with Crippen LogP contribution in [0, 0.1) is 0 Å². The molecule has 0 saturated carbocycles. The van der Waals surface area contributed by atoms with E-state index in [2.05, 4.69) is 6.92 Å². The molecule has 1 aliphatic heterocycles. The molecule has 146 valence electrons. The first-order valence-corrected chi connectivity index (χ1v) is 9.60. The van der Waals surface area contributed by atoms with E-state index >= 15 is 0 Å². The number of aryl methyl sites for hydroxylation is 1. The Balaban J connectivity index is 1.83. The first kappa shape index (κ1) is 19.7. The van der Waals surface area contributed by atoms with Gasteiger partial charge in [-0.1, -0.05) is 37.6 Å². The van der Waals surface area contributed by atoms with Crippen molar-refractivity contribution in [3.8, 4) is 5.75 Å². The maximum atomic E-state index is 12.9. The van der Waals surface area contributed by atoms with Crippen molar-refractivity contribution in [1.82, 2.24) is 0 Å². The third kappa shape index (κ3) is 3.93. The molecule has 0 bridgehead atoms. The fourth-order valence-electron chi connectivity index (χ4n) is 3.18. The van der Waals surface area contributed by atoms with Crippen molar-refractivity contribution in [2.75, 3.05) is 4.90 Å². The number of imide groups is 1. The molecule has 1 aliphatic rings. The molecule has 5 nitrogen and oxygen atoms in total. The molecular formula is C23H25NO4. The van der Waals surface area contributed by atoms with Gasteiger partial charge in [0.25, 0.3) is 5.91 Å². The van der Waals surface area contributed by atoms with Crippen molar-refractivity contribution >= 4 is 23.1 Å². The molecule has 0 spiro atoms. The maximum absolute atomic E-state index is 12.9. The van der Waals surface area contributed by atoms with E-state index in [1.807, 2.05) is 26.0 Å². The molecule has 0 aliphatic carbocycles. The quantitative estimate of drug-likeness (QED) is 0.711. The summed E-state index contributed by atoms with van der Waals surface area (Å²) in [7, 11) is 0. The molecule has 0 atom stereocenters. The van der Waals surface area contributed by atoms with Gasteiger partial charge < -0.3 is 9.84 Å². The minimum absolute atomic E-state index is 0.0103. The predicted octanol–water partition coefficient (Wildman–Crippen LogP) is 4.66. The lowest BCUT2D eigenvalue weighted by Gasteiger charge is -2.15. The minimum Gasteiger partial charge on any atom is -0.502 e. The highest BCUT2D eigenvalue weighted by atomic mass is 16.5. The molecule has 3 rings (SSSR count). The normalized spacial score (nSPS) is 14.4. The number of rotatable bonds is 7. The fourth-order valence-corrected chi connectivity index (χ4v) is 3.18. The number of nitrogens with zero attached hydrogens (tertiary/aromatic N) is 1. The van der Waals surface area contributed by atoms with Gasteiger partial charge in [-0.15, -0.1) is 0 Å². The summed E-state index contributed by atoms with van der Waals surface area (Å²) in [5, 5.41) is 10.3. The molecular weight excluding hydrogens is 354 g/mol. The van der Waals surface area contributed by atoms with Crippen LogP contribution in [0.15, 0.2) is 54.3 Å². The van der Waals surface area contributed by atoms with Gasteiger partial charge in [0, 0.05) is 0 Å². The largest absolute Gasteiger partial charge is 0.502 e. The minimum atomic E-state index is -0.705. The van der Waals surface area contributed by atoms with E-state index in [0.717, 1.165) is 29.7 Å². The van der Waals surface area contributed by atoms with Crippen LogP contribution in [0.25, 0.3) is 5.57 Å². The second kappa shape index (κ2) is 8.30. The number of aliphatic hydroxyl groups excluding tert-OH is 1. The molecule has 28 heavy (non-hydrogen) atoms. The lowest BCUT2D eigenvalue weighted by Crippen LogP contribution is -2.31. The van der Waals surface area contributed by atoms with Gasteiger partial charge >= 0.3 is 5.91 Å². The van der Waals surface area contributed by atoms with Crippen molar-refractivity contribution in [3.63, 3.8) is 0 Å². The molecule has 5 heteroatoms. The van der Waals surface area contributed by atoms with E-state index in [1.54, 1.807) is 36.4 Å². The number of carbonyl (C=O) groups excluding carboxylic acids is 2. The summed E-state index contributed by atoms with van der Waals surface area (Å²) in [4.78, 5) is 26.5. The Hall–Kier alpha value is -3.08. The second-order valence-electron chi connectivity index (χ2n) is 7.13. The highest BCUT2D eigenvalue weighted by molar-refractivity contribution is 6.44. The van der Waals surface area contributed by atoms with Crippen molar-refractivity contribution in [2.24, 2.45) is 0 Å². The van der Waals surface area contributed by atoms with Crippen molar-refractivity contribution < 1.29 is 19.4 Å². The molecule has 2 amide bonds. The average Bonchev–Trinajstić information content (AvgIpc) is 2.90. The summed E-state index contributed by atoms with van der Waals surface area (Å²) >= 11 is 0. The smallest absolute Gasteiger partial charge is 0.301 e. The van der Waals surface area contributed by atoms with E-state index in [1.165, 1.54) is 0 Å². The van der Waals surface area contributed by atoms with E-state index in [9.17, 15) is 14.7 Å². The van der Waals surface area contributed by atoms with E-state index in [-0.39, 0.29) is 11.7 Å². The van der Waals surface area contributed by atoms with Crippen LogP contribution < -0.4 is 9.64 Å². The van der Waals surface area contributed by atoms with Crippen LogP contribution in [0.3, 0.4) is 0 Å². The van der Waals surface area contributed by atoms with Crippen molar-refractivity contribution in [3.05, 3.63) is 65.4 Å². The monoisotopic (exact) mass is 379 g/mol. The van der Waals surface area contributed by atoms with Crippen LogP contribution in [-0.4, -0.2) is 23.0 Å². The van der Waals surface area contributed by atoms with Crippen molar-refractivity contribution in [1.29, 1.82) is 0 Å². The average molecular weight is 379 g/mol. The number of unbranched alkanes of at least 4 members (excludes halogenated alkanes) is 1. The van der Waals surface area contributed by atoms with Crippen LogP contribution in [-0.2, 0) is 16.0 Å². The second-order valence-corrected chi connectivity index (χ2v) is 7.13. The number of benzene rings is 2. The number of ether oxygens (including phenoxy) is 1. The highest BCUT2D eigenvalue weighted by Gasteiger charge is 2.40. The van der Waals surface area contributed by atoms with E-state index < -0.39 is 17.6 Å². The summed E-state index contributed by atoms with van der Waals surface area (Å²) in [6.07, 6.45) is 3.18. The van der Waals surface area contributed by atoms with Gasteiger partial charge in [0.1, 0.15) is 5.75 Å². The lowest BCUT2D eigenvalue weighted by molar-refractivity contribution is -0.121. The van der Waals surface area contributed by atoms with Crippen molar-refractivity contribution in [2.45, 2.75) is 46.1 Å². The third-order valence-electron chi connectivity index (χ3n) is 4.59.